The van der Waals surface area contributed by atoms with E-state index in [0.29, 0.717) is 35.8 Å². The van der Waals surface area contributed by atoms with Gasteiger partial charge in [0.1, 0.15) is 23.3 Å². The maximum Gasteiger partial charge on any atom is 0.218 e. The Bertz CT molecular complexity index is 809. The number of hydrogen-bond donors (Lipinski definition) is 0. The van der Waals surface area contributed by atoms with E-state index in [2.05, 4.69) is 18.8 Å². The van der Waals surface area contributed by atoms with Crippen molar-refractivity contribution in [2.75, 3.05) is 13.7 Å². The van der Waals surface area contributed by atoms with Crippen molar-refractivity contribution in [1.82, 2.24) is 4.98 Å². The molecule has 118 valence electrons. The summed E-state index contributed by atoms with van der Waals surface area (Å²) in [7, 11) is 1.49. The van der Waals surface area contributed by atoms with Crippen LogP contribution in [0.15, 0.2) is 24.3 Å². The molecule has 0 saturated heterocycles. The summed E-state index contributed by atoms with van der Waals surface area (Å²) >= 11 is 0. The zero-order valence-electron chi connectivity index (χ0n) is 13.3. The Morgan fingerprint density at radius 3 is 2.74 bits per heavy atom. The van der Waals surface area contributed by atoms with E-state index in [4.69, 9.17) is 9.47 Å². The van der Waals surface area contributed by atoms with Crippen molar-refractivity contribution < 1.29 is 13.9 Å². The molecule has 0 radical (unpaired) electrons. The molecule has 2 aromatic rings. The molecule has 23 heavy (non-hydrogen) atoms. The molecule has 2 heterocycles. The predicted molar refractivity (Wildman–Crippen MR) is 83.9 cm³/mol. The minimum absolute atomic E-state index is 0.0689. The maximum atomic E-state index is 14.5. The number of nitriles is 1. The van der Waals surface area contributed by atoms with E-state index in [1.165, 1.54) is 13.2 Å². The molecule has 0 bridgehead atoms. The summed E-state index contributed by atoms with van der Waals surface area (Å²) in [6.45, 7) is 4.69. The quantitative estimate of drug-likeness (QED) is 0.848. The second-order valence-electron chi connectivity index (χ2n) is 6.43. The molecule has 3 rings (SSSR count). The lowest BCUT2D eigenvalue weighted by Gasteiger charge is -2.32. The number of nitrogens with zero attached hydrogens (tertiary/aromatic N) is 2. The smallest absolute Gasteiger partial charge is 0.218 e. The number of aromatic nitrogens is 1. The van der Waals surface area contributed by atoms with Crippen molar-refractivity contribution in [3.63, 3.8) is 0 Å². The summed E-state index contributed by atoms with van der Waals surface area (Å²) in [5.74, 6) is 0.477. The van der Waals surface area contributed by atoms with Crippen molar-refractivity contribution in [3.05, 3.63) is 41.3 Å². The third-order valence-electron chi connectivity index (χ3n) is 3.92. The summed E-state index contributed by atoms with van der Waals surface area (Å²) in [4.78, 5) is 4.22. The van der Waals surface area contributed by atoms with Crippen LogP contribution in [-0.4, -0.2) is 18.7 Å². The predicted octanol–water partition coefficient (Wildman–Crippen LogP) is 3.73. The van der Waals surface area contributed by atoms with Gasteiger partial charge in [-0.3, -0.25) is 0 Å². The van der Waals surface area contributed by atoms with Gasteiger partial charge in [-0.2, -0.15) is 5.26 Å². The van der Waals surface area contributed by atoms with Crippen LogP contribution in [0.3, 0.4) is 0 Å². The Morgan fingerprint density at radius 1 is 1.30 bits per heavy atom. The van der Waals surface area contributed by atoms with E-state index >= 15 is 0 Å². The van der Waals surface area contributed by atoms with Gasteiger partial charge in [0.15, 0.2) is 0 Å². The van der Waals surface area contributed by atoms with Crippen molar-refractivity contribution in [3.8, 4) is 28.8 Å². The Balaban J connectivity index is 2.21. The average molecular weight is 312 g/mol. The number of methoxy groups -OCH3 is 1. The van der Waals surface area contributed by atoms with Gasteiger partial charge in [0.05, 0.1) is 13.7 Å². The fraction of sp³-hybridized carbons (Fsp3) is 0.333. The zero-order chi connectivity index (χ0) is 16.6. The third-order valence-corrected chi connectivity index (χ3v) is 3.92. The molecule has 0 N–H and O–H groups in total. The average Bonchev–Trinajstić information content (AvgIpc) is 2.53. The number of pyridine rings is 1. The first-order valence-corrected chi connectivity index (χ1v) is 7.34. The Hall–Kier alpha value is -2.61. The van der Waals surface area contributed by atoms with Gasteiger partial charge < -0.3 is 9.47 Å². The summed E-state index contributed by atoms with van der Waals surface area (Å²) in [5, 5.41) is 9.18. The van der Waals surface area contributed by atoms with Gasteiger partial charge in [-0.25, -0.2) is 9.37 Å². The minimum atomic E-state index is -0.398. The monoisotopic (exact) mass is 312 g/mol. The Morgan fingerprint density at radius 2 is 2.09 bits per heavy atom. The molecule has 1 aliphatic rings. The lowest BCUT2D eigenvalue weighted by Crippen LogP contribution is -2.30. The minimum Gasteiger partial charge on any atom is -0.497 e. The van der Waals surface area contributed by atoms with Crippen LogP contribution in [0.2, 0.25) is 0 Å². The topological polar surface area (TPSA) is 55.1 Å². The lowest BCUT2D eigenvalue weighted by atomic mass is 9.82. The molecule has 0 fully saturated rings. The van der Waals surface area contributed by atoms with Crippen LogP contribution in [-0.2, 0) is 6.42 Å². The number of rotatable bonds is 2. The first kappa shape index (κ1) is 15.3. The number of ether oxygens (including phenoxy) is 2. The highest BCUT2D eigenvalue weighted by atomic mass is 19.1. The molecule has 5 heteroatoms. The molecule has 1 aromatic carbocycles. The van der Waals surface area contributed by atoms with Crippen LogP contribution >= 0.6 is 0 Å². The molecule has 4 nitrogen and oxygen atoms in total. The SMILES string of the molecule is COc1ccc(-c2cc(C#N)nc3c2CC(C)(C)CO3)c(F)c1. The molecule has 0 atom stereocenters. The van der Waals surface area contributed by atoms with Gasteiger partial charge in [-0.05, 0) is 30.2 Å². The van der Waals surface area contributed by atoms with Crippen molar-refractivity contribution in [1.29, 1.82) is 5.26 Å². The summed E-state index contributed by atoms with van der Waals surface area (Å²) in [5.41, 5.74) is 2.06. The summed E-state index contributed by atoms with van der Waals surface area (Å²) < 4.78 is 25.3. The zero-order valence-corrected chi connectivity index (χ0v) is 13.3. The van der Waals surface area contributed by atoms with Gasteiger partial charge >= 0.3 is 0 Å². The molecule has 0 amide bonds. The highest BCUT2D eigenvalue weighted by Gasteiger charge is 2.31. The molecular weight excluding hydrogens is 295 g/mol. The largest absolute Gasteiger partial charge is 0.497 e. The number of hydrogen-bond acceptors (Lipinski definition) is 4. The number of benzene rings is 1. The van der Waals surface area contributed by atoms with Crippen LogP contribution in [0.25, 0.3) is 11.1 Å². The van der Waals surface area contributed by atoms with Gasteiger partial charge in [0.25, 0.3) is 0 Å². The van der Waals surface area contributed by atoms with E-state index in [1.54, 1.807) is 18.2 Å². The Labute approximate surface area is 134 Å². The molecule has 0 saturated carbocycles. The maximum absolute atomic E-state index is 14.5. The normalized spacial score (nSPS) is 15.3. The van der Waals surface area contributed by atoms with E-state index in [9.17, 15) is 9.65 Å². The summed E-state index contributed by atoms with van der Waals surface area (Å²) in [6.07, 6.45) is 0.710. The standard InChI is InChI=1S/C18H17FN2O2/c1-18(2)8-15-14(6-11(9-20)21-17(15)23-10-18)13-5-4-12(22-3)7-16(13)19/h4-7H,8,10H2,1-3H3. The van der Waals surface area contributed by atoms with Crippen molar-refractivity contribution in [2.45, 2.75) is 20.3 Å². The molecular formula is C18H17FN2O2. The van der Waals surface area contributed by atoms with Crippen LogP contribution in [0.5, 0.6) is 11.6 Å². The Kier molecular flexibility index (Phi) is 3.69. The van der Waals surface area contributed by atoms with Gasteiger partial charge in [-0.15, -0.1) is 0 Å². The van der Waals surface area contributed by atoms with Crippen molar-refractivity contribution in [2.24, 2.45) is 5.41 Å². The molecule has 0 spiro atoms. The lowest BCUT2D eigenvalue weighted by molar-refractivity contribution is 0.148. The first-order chi connectivity index (χ1) is 10.9. The summed E-state index contributed by atoms with van der Waals surface area (Å²) in [6, 6.07) is 8.33. The van der Waals surface area contributed by atoms with E-state index < -0.39 is 5.82 Å². The van der Waals surface area contributed by atoms with Crippen LogP contribution < -0.4 is 9.47 Å². The van der Waals surface area contributed by atoms with Crippen LogP contribution in [0.1, 0.15) is 25.1 Å². The fourth-order valence-corrected chi connectivity index (χ4v) is 2.77. The van der Waals surface area contributed by atoms with E-state index in [0.717, 1.165) is 5.56 Å². The molecule has 0 aliphatic carbocycles. The van der Waals surface area contributed by atoms with Crippen LogP contribution in [0.4, 0.5) is 4.39 Å². The van der Waals surface area contributed by atoms with E-state index in [1.807, 2.05) is 6.07 Å². The van der Waals surface area contributed by atoms with Gasteiger partial charge in [-0.1, -0.05) is 13.8 Å². The third kappa shape index (κ3) is 2.85. The van der Waals surface area contributed by atoms with Gasteiger partial charge in [0.2, 0.25) is 5.88 Å². The highest BCUT2D eigenvalue weighted by Crippen LogP contribution is 2.40. The second kappa shape index (κ2) is 5.54. The molecule has 1 aromatic heterocycles. The second-order valence-corrected chi connectivity index (χ2v) is 6.43. The molecule has 1 aliphatic heterocycles. The number of fused-ring (bicyclic) bond motifs is 1. The first-order valence-electron chi connectivity index (χ1n) is 7.34. The van der Waals surface area contributed by atoms with Crippen LogP contribution in [0, 0.1) is 22.6 Å². The van der Waals surface area contributed by atoms with Gasteiger partial charge in [0, 0.05) is 22.6 Å². The number of halogens is 1. The fourth-order valence-electron chi connectivity index (χ4n) is 2.77. The van der Waals surface area contributed by atoms with Crippen molar-refractivity contribution >= 4 is 0 Å². The highest BCUT2D eigenvalue weighted by molar-refractivity contribution is 5.72. The molecule has 0 unspecified atom stereocenters. The van der Waals surface area contributed by atoms with E-state index in [-0.39, 0.29) is 11.1 Å².